The van der Waals surface area contributed by atoms with Crippen LogP contribution in [-0.2, 0) is 11.8 Å². The Bertz CT molecular complexity index is 855. The number of rotatable bonds is 3. The number of imidazole rings is 1. The van der Waals surface area contributed by atoms with E-state index in [4.69, 9.17) is 4.98 Å². The molecule has 3 aliphatic rings. The second kappa shape index (κ2) is 7.57. The highest BCUT2D eigenvalue weighted by Gasteiger charge is 2.36. The molecule has 5 rings (SSSR count). The molecule has 1 aromatic heterocycles. The van der Waals surface area contributed by atoms with Crippen molar-refractivity contribution in [3.8, 4) is 0 Å². The van der Waals surface area contributed by atoms with Gasteiger partial charge in [-0.2, -0.15) is 0 Å². The molecule has 1 amide bonds. The largest absolute Gasteiger partial charge is 0.340 e. The number of aromatic nitrogens is 2. The number of fused-ring (bicyclic) bond motifs is 1. The van der Waals surface area contributed by atoms with Crippen LogP contribution >= 0.6 is 11.8 Å². The Balaban J connectivity index is 1.19. The van der Waals surface area contributed by atoms with Gasteiger partial charge in [-0.05, 0) is 18.6 Å². The van der Waals surface area contributed by atoms with Crippen LogP contribution in [0.5, 0.6) is 0 Å². The number of amides is 1. The number of anilines is 1. The molecule has 150 valence electrons. The Morgan fingerprint density at radius 2 is 2.00 bits per heavy atom. The normalized spacial score (nSPS) is 26.5. The first-order valence-electron chi connectivity index (χ1n) is 10.2. The third-order valence-electron chi connectivity index (χ3n) is 6.35. The zero-order chi connectivity index (χ0) is 19.1. The number of thioether (sulfide) groups is 1. The molecular formula is C20H28N6OS. The summed E-state index contributed by atoms with van der Waals surface area (Å²) in [6.45, 7) is 5.84. The lowest BCUT2D eigenvalue weighted by Gasteiger charge is -2.38. The Hall–Kier alpha value is -1.77. The fourth-order valence-electron chi connectivity index (χ4n) is 4.69. The van der Waals surface area contributed by atoms with E-state index in [1.165, 1.54) is 5.52 Å². The molecule has 1 N–H and O–H groups in total. The highest BCUT2D eigenvalue weighted by Crippen LogP contribution is 2.24. The highest BCUT2D eigenvalue weighted by atomic mass is 32.2. The van der Waals surface area contributed by atoms with E-state index < -0.39 is 0 Å². The van der Waals surface area contributed by atoms with Crippen molar-refractivity contribution in [3.05, 3.63) is 24.3 Å². The number of carbonyl (C=O) groups excluding carboxylic acids is 1. The first-order valence-corrected chi connectivity index (χ1v) is 11.4. The van der Waals surface area contributed by atoms with Crippen molar-refractivity contribution < 1.29 is 4.79 Å². The molecule has 8 heteroatoms. The number of hydrogen-bond donors (Lipinski definition) is 1. The van der Waals surface area contributed by atoms with Crippen molar-refractivity contribution in [2.45, 2.75) is 18.5 Å². The summed E-state index contributed by atoms with van der Waals surface area (Å²) in [4.78, 5) is 24.4. The van der Waals surface area contributed by atoms with Crippen LogP contribution in [0.2, 0.25) is 0 Å². The topological polar surface area (TPSA) is 56.6 Å². The predicted molar refractivity (Wildman–Crippen MR) is 114 cm³/mol. The van der Waals surface area contributed by atoms with Gasteiger partial charge in [-0.3, -0.25) is 9.69 Å². The van der Waals surface area contributed by atoms with E-state index in [0.29, 0.717) is 11.9 Å². The minimum Gasteiger partial charge on any atom is -0.340 e. The number of hydrogen-bond acceptors (Lipinski definition) is 6. The highest BCUT2D eigenvalue weighted by molar-refractivity contribution is 7.99. The summed E-state index contributed by atoms with van der Waals surface area (Å²) in [5.41, 5.74) is 2.24. The van der Waals surface area contributed by atoms with Crippen LogP contribution in [0.1, 0.15) is 6.42 Å². The molecule has 0 unspecified atom stereocenters. The van der Waals surface area contributed by atoms with Crippen molar-refractivity contribution in [2.24, 2.45) is 7.05 Å². The van der Waals surface area contributed by atoms with Crippen LogP contribution < -0.4 is 10.2 Å². The summed E-state index contributed by atoms with van der Waals surface area (Å²) in [5, 5.41) is 3.48. The van der Waals surface area contributed by atoms with Crippen molar-refractivity contribution in [1.29, 1.82) is 0 Å². The zero-order valence-electron chi connectivity index (χ0n) is 16.4. The fourth-order valence-corrected chi connectivity index (χ4v) is 5.65. The average Bonchev–Trinajstić information content (AvgIpc) is 3.49. The molecule has 2 atom stereocenters. The number of piperazine rings is 1. The molecule has 3 fully saturated rings. The van der Waals surface area contributed by atoms with E-state index in [2.05, 4.69) is 44.9 Å². The van der Waals surface area contributed by atoms with Gasteiger partial charge in [0, 0.05) is 58.1 Å². The van der Waals surface area contributed by atoms with Gasteiger partial charge < -0.3 is 19.7 Å². The lowest BCUT2D eigenvalue weighted by atomic mass is 10.1. The summed E-state index contributed by atoms with van der Waals surface area (Å²) in [5.74, 6) is 3.29. The maximum absolute atomic E-state index is 12.6. The van der Waals surface area contributed by atoms with Gasteiger partial charge >= 0.3 is 0 Å². The number of para-hydroxylation sites is 2. The number of nitrogens with one attached hydrogen (secondary N) is 1. The molecular weight excluding hydrogens is 372 g/mol. The molecule has 0 saturated carbocycles. The first-order chi connectivity index (χ1) is 13.7. The maximum atomic E-state index is 12.6. The van der Waals surface area contributed by atoms with Gasteiger partial charge in [0.2, 0.25) is 11.9 Å². The standard InChI is InChI=1S/C20H28N6OS/c1-23-18-5-3-2-4-16(18)22-20(23)25-8-6-24(7-9-25)15-12-17(21-13-15)19(27)26-10-11-28-14-26/h2-5,15,17,21H,6-14H2,1H3/t15-,17-/m0/s1. The van der Waals surface area contributed by atoms with Crippen LogP contribution in [-0.4, -0.2) is 88.2 Å². The van der Waals surface area contributed by atoms with Gasteiger partial charge in [-0.25, -0.2) is 4.98 Å². The van der Waals surface area contributed by atoms with Crippen molar-refractivity contribution in [2.75, 3.05) is 55.8 Å². The Kier molecular flexibility index (Phi) is 4.94. The van der Waals surface area contributed by atoms with Gasteiger partial charge in [-0.15, -0.1) is 11.8 Å². The molecule has 0 radical (unpaired) electrons. The number of benzene rings is 1. The van der Waals surface area contributed by atoms with E-state index in [1.54, 1.807) is 0 Å². The van der Waals surface area contributed by atoms with Crippen LogP contribution in [0, 0.1) is 0 Å². The summed E-state index contributed by atoms with van der Waals surface area (Å²) in [6, 6.07) is 8.78. The summed E-state index contributed by atoms with van der Waals surface area (Å²) >= 11 is 1.85. The van der Waals surface area contributed by atoms with E-state index in [9.17, 15) is 4.79 Å². The Labute approximate surface area is 170 Å². The van der Waals surface area contributed by atoms with E-state index in [1.807, 2.05) is 22.7 Å². The van der Waals surface area contributed by atoms with Crippen LogP contribution in [0.25, 0.3) is 11.0 Å². The van der Waals surface area contributed by atoms with Crippen molar-refractivity contribution in [3.63, 3.8) is 0 Å². The second-order valence-corrected chi connectivity index (χ2v) is 9.05. The Morgan fingerprint density at radius 1 is 1.18 bits per heavy atom. The van der Waals surface area contributed by atoms with Gasteiger partial charge in [0.25, 0.3) is 0 Å². The third kappa shape index (κ3) is 3.27. The van der Waals surface area contributed by atoms with Crippen molar-refractivity contribution >= 4 is 34.7 Å². The van der Waals surface area contributed by atoms with Gasteiger partial charge in [0.1, 0.15) is 0 Å². The molecule has 2 aromatic rings. The number of carbonyl (C=O) groups is 1. The van der Waals surface area contributed by atoms with Gasteiger partial charge in [0.05, 0.1) is 23.0 Å². The Morgan fingerprint density at radius 3 is 2.75 bits per heavy atom. The SMILES string of the molecule is Cn1c(N2CCN([C@@H]3CN[C@H](C(=O)N4CCSC4)C3)CC2)nc2ccccc21. The van der Waals surface area contributed by atoms with Gasteiger partial charge in [-0.1, -0.05) is 12.1 Å². The molecule has 1 aromatic carbocycles. The van der Waals surface area contributed by atoms with E-state index in [0.717, 1.165) is 68.8 Å². The van der Waals surface area contributed by atoms with E-state index >= 15 is 0 Å². The van der Waals surface area contributed by atoms with Gasteiger partial charge in [0.15, 0.2) is 0 Å². The smallest absolute Gasteiger partial charge is 0.240 e. The van der Waals surface area contributed by atoms with Crippen LogP contribution in [0.4, 0.5) is 5.95 Å². The summed E-state index contributed by atoms with van der Waals surface area (Å²) in [6.07, 6.45) is 0.937. The third-order valence-corrected chi connectivity index (χ3v) is 7.31. The minimum absolute atomic E-state index is 0.00145. The monoisotopic (exact) mass is 400 g/mol. The van der Waals surface area contributed by atoms with Crippen LogP contribution in [0.15, 0.2) is 24.3 Å². The molecule has 7 nitrogen and oxygen atoms in total. The lowest BCUT2D eigenvalue weighted by molar-refractivity contribution is -0.131. The first kappa shape index (κ1) is 18.3. The molecule has 0 spiro atoms. The maximum Gasteiger partial charge on any atom is 0.240 e. The molecule has 4 heterocycles. The number of aryl methyl sites for hydroxylation is 1. The number of nitrogens with zero attached hydrogens (tertiary/aromatic N) is 5. The lowest BCUT2D eigenvalue weighted by Crippen LogP contribution is -2.51. The quantitative estimate of drug-likeness (QED) is 0.828. The average molecular weight is 401 g/mol. The molecule has 3 aliphatic heterocycles. The molecule has 0 bridgehead atoms. The molecule has 28 heavy (non-hydrogen) atoms. The summed E-state index contributed by atoms with van der Waals surface area (Å²) < 4.78 is 2.20. The predicted octanol–water partition coefficient (Wildman–Crippen LogP) is 0.959. The van der Waals surface area contributed by atoms with Crippen molar-refractivity contribution in [1.82, 2.24) is 24.7 Å². The minimum atomic E-state index is 0.00145. The fraction of sp³-hybridized carbons (Fsp3) is 0.600. The molecule has 0 aliphatic carbocycles. The van der Waals surface area contributed by atoms with Crippen LogP contribution in [0.3, 0.4) is 0 Å². The zero-order valence-corrected chi connectivity index (χ0v) is 17.2. The van der Waals surface area contributed by atoms with E-state index in [-0.39, 0.29) is 6.04 Å². The second-order valence-electron chi connectivity index (χ2n) is 7.97. The summed E-state index contributed by atoms with van der Waals surface area (Å²) in [7, 11) is 2.10. The molecule has 3 saturated heterocycles.